The second-order valence-corrected chi connectivity index (χ2v) is 10.7. The van der Waals surface area contributed by atoms with Gasteiger partial charge in [-0.05, 0) is 56.3 Å². The monoisotopic (exact) mass is 563 g/mol. The van der Waals surface area contributed by atoms with Crippen LogP contribution in [0.15, 0.2) is 61.2 Å². The number of anilines is 1. The quantitative estimate of drug-likeness (QED) is 0.257. The predicted molar refractivity (Wildman–Crippen MR) is 161 cm³/mol. The van der Waals surface area contributed by atoms with E-state index in [0.717, 1.165) is 53.0 Å². The van der Waals surface area contributed by atoms with Crippen molar-refractivity contribution in [1.29, 1.82) is 0 Å². The van der Waals surface area contributed by atoms with Gasteiger partial charge in [-0.2, -0.15) is 5.10 Å². The van der Waals surface area contributed by atoms with Crippen LogP contribution >= 0.6 is 0 Å². The number of nitrogens with one attached hydrogen (secondary N) is 2. The standard InChI is InChI=1S/C31H30FN9O/c1-40(2)22-12-20(16-33-17-22)26-15-24-27(18-35-26)38-39-29(24)31-36-25-5-6-34-28(30(25)37-31)19-11-21(32)14-23(13-19)42-10-9-41-7-3-4-8-41/h5-6,11-18H,3-4,7-10H2,1-2H3,(H,36,37)(H,38,39). The lowest BCUT2D eigenvalue weighted by Gasteiger charge is -2.15. The Morgan fingerprint density at radius 3 is 2.69 bits per heavy atom. The fourth-order valence-corrected chi connectivity index (χ4v) is 5.41. The second kappa shape index (κ2) is 10.8. The molecule has 1 aliphatic heterocycles. The SMILES string of the molecule is CN(C)c1cncc(-c2cc3c(-c4nc5c(-c6cc(F)cc(OCCN7CCCC7)c6)nccc5[nH]4)n[nH]c3cn2)c1. The van der Waals surface area contributed by atoms with Crippen LogP contribution in [0.2, 0.25) is 0 Å². The fraction of sp³-hybridized carbons (Fsp3) is 0.258. The molecule has 0 bridgehead atoms. The lowest BCUT2D eigenvalue weighted by Crippen LogP contribution is -2.25. The maximum absolute atomic E-state index is 14.7. The first-order valence-electron chi connectivity index (χ1n) is 14.0. The van der Waals surface area contributed by atoms with E-state index in [9.17, 15) is 4.39 Å². The van der Waals surface area contributed by atoms with Gasteiger partial charge in [0.2, 0.25) is 0 Å². The maximum atomic E-state index is 14.7. The van der Waals surface area contributed by atoms with Gasteiger partial charge in [0.05, 0.1) is 40.5 Å². The Kier molecular flexibility index (Phi) is 6.71. The molecular formula is C31H30FN9O. The maximum Gasteiger partial charge on any atom is 0.159 e. The zero-order valence-corrected chi connectivity index (χ0v) is 23.4. The lowest BCUT2D eigenvalue weighted by atomic mass is 10.1. The normalized spacial score (nSPS) is 13.8. The van der Waals surface area contributed by atoms with Gasteiger partial charge in [-0.3, -0.25) is 25.0 Å². The molecule has 1 fully saturated rings. The van der Waals surface area contributed by atoms with Gasteiger partial charge in [0.25, 0.3) is 0 Å². The van der Waals surface area contributed by atoms with Gasteiger partial charge < -0.3 is 14.6 Å². The summed E-state index contributed by atoms with van der Waals surface area (Å²) in [6.07, 6.45) is 9.50. The van der Waals surface area contributed by atoms with Crippen LogP contribution in [0, 0.1) is 5.82 Å². The molecule has 0 spiro atoms. The summed E-state index contributed by atoms with van der Waals surface area (Å²) in [6.45, 7) is 3.52. The number of likely N-dealkylation sites (tertiary alicyclic amines) is 1. The topological polar surface area (TPSA) is 112 Å². The van der Waals surface area contributed by atoms with E-state index in [-0.39, 0.29) is 5.82 Å². The molecule has 0 aliphatic carbocycles. The molecule has 7 rings (SSSR count). The van der Waals surface area contributed by atoms with Crippen molar-refractivity contribution >= 4 is 27.6 Å². The molecule has 6 heterocycles. The average Bonchev–Trinajstić information content (AvgIpc) is 3.76. The van der Waals surface area contributed by atoms with Crippen LogP contribution in [0.4, 0.5) is 10.1 Å². The summed E-state index contributed by atoms with van der Waals surface area (Å²) in [6, 6.07) is 10.6. The van der Waals surface area contributed by atoms with Gasteiger partial charge in [-0.15, -0.1) is 0 Å². The smallest absolute Gasteiger partial charge is 0.159 e. The molecule has 42 heavy (non-hydrogen) atoms. The number of fused-ring (bicyclic) bond motifs is 2. The Bertz CT molecular complexity index is 1890. The third kappa shape index (κ3) is 5.03. The lowest BCUT2D eigenvalue weighted by molar-refractivity contribution is 0.237. The number of aromatic amines is 2. The van der Waals surface area contributed by atoms with E-state index in [1.54, 1.807) is 18.6 Å². The molecule has 0 unspecified atom stereocenters. The van der Waals surface area contributed by atoms with Crippen LogP contribution in [0.5, 0.6) is 5.75 Å². The number of pyridine rings is 3. The summed E-state index contributed by atoms with van der Waals surface area (Å²) in [4.78, 5) is 26.2. The van der Waals surface area contributed by atoms with Crippen LogP contribution in [0.1, 0.15) is 12.8 Å². The Hall–Kier alpha value is -4.90. The van der Waals surface area contributed by atoms with E-state index in [1.807, 2.05) is 49.5 Å². The van der Waals surface area contributed by atoms with Crippen LogP contribution < -0.4 is 9.64 Å². The van der Waals surface area contributed by atoms with Crippen molar-refractivity contribution in [3.05, 3.63) is 67.0 Å². The van der Waals surface area contributed by atoms with Crippen molar-refractivity contribution in [2.75, 3.05) is 45.2 Å². The first-order chi connectivity index (χ1) is 20.5. The van der Waals surface area contributed by atoms with Crippen LogP contribution in [-0.2, 0) is 0 Å². The highest BCUT2D eigenvalue weighted by Gasteiger charge is 2.18. The third-order valence-corrected chi connectivity index (χ3v) is 7.63. The van der Waals surface area contributed by atoms with Crippen molar-refractivity contribution in [3.63, 3.8) is 0 Å². The largest absolute Gasteiger partial charge is 0.492 e. The van der Waals surface area contributed by atoms with Crippen LogP contribution in [-0.4, -0.2) is 80.4 Å². The molecule has 11 heteroatoms. The molecular weight excluding hydrogens is 533 g/mol. The van der Waals surface area contributed by atoms with E-state index >= 15 is 0 Å². The summed E-state index contributed by atoms with van der Waals surface area (Å²) < 4.78 is 20.7. The van der Waals surface area contributed by atoms with Crippen molar-refractivity contribution < 1.29 is 9.13 Å². The highest BCUT2D eigenvalue weighted by atomic mass is 19.1. The molecule has 1 aromatic carbocycles. The van der Waals surface area contributed by atoms with Gasteiger partial charge in [0.15, 0.2) is 5.82 Å². The first-order valence-corrected chi connectivity index (χ1v) is 14.0. The molecule has 6 aromatic rings. The summed E-state index contributed by atoms with van der Waals surface area (Å²) in [7, 11) is 3.95. The zero-order chi connectivity index (χ0) is 28.6. The predicted octanol–water partition coefficient (Wildman–Crippen LogP) is 5.30. The summed E-state index contributed by atoms with van der Waals surface area (Å²) >= 11 is 0. The van der Waals surface area contributed by atoms with Crippen molar-refractivity contribution in [3.8, 4) is 39.8 Å². The van der Waals surface area contributed by atoms with Crippen molar-refractivity contribution in [2.24, 2.45) is 0 Å². The number of hydrogen-bond acceptors (Lipinski definition) is 8. The van der Waals surface area contributed by atoms with Crippen molar-refractivity contribution in [1.82, 2.24) is 40.0 Å². The van der Waals surface area contributed by atoms with E-state index < -0.39 is 0 Å². The number of aromatic nitrogens is 7. The number of ether oxygens (including phenoxy) is 1. The van der Waals surface area contributed by atoms with E-state index in [2.05, 4.69) is 35.0 Å². The van der Waals surface area contributed by atoms with Gasteiger partial charge in [-0.25, -0.2) is 9.37 Å². The van der Waals surface area contributed by atoms with Crippen molar-refractivity contribution in [2.45, 2.75) is 12.8 Å². The number of halogens is 1. The molecule has 2 N–H and O–H groups in total. The van der Waals surface area contributed by atoms with Gasteiger partial charge >= 0.3 is 0 Å². The van der Waals surface area contributed by atoms with Crippen LogP contribution in [0.25, 0.3) is 56.0 Å². The number of nitrogens with zero attached hydrogens (tertiary/aromatic N) is 7. The van der Waals surface area contributed by atoms with E-state index in [0.29, 0.717) is 40.6 Å². The van der Waals surface area contributed by atoms with E-state index in [1.165, 1.54) is 25.0 Å². The Morgan fingerprint density at radius 1 is 0.952 bits per heavy atom. The van der Waals surface area contributed by atoms with Gasteiger partial charge in [0, 0.05) is 55.6 Å². The molecule has 212 valence electrons. The van der Waals surface area contributed by atoms with E-state index in [4.69, 9.17) is 9.72 Å². The molecule has 10 nitrogen and oxygen atoms in total. The molecule has 1 aliphatic rings. The van der Waals surface area contributed by atoms with Gasteiger partial charge in [0.1, 0.15) is 29.4 Å². The summed E-state index contributed by atoms with van der Waals surface area (Å²) in [5, 5.41) is 8.47. The molecule has 0 saturated carbocycles. The minimum atomic E-state index is -0.385. The number of benzene rings is 1. The Labute approximate surface area is 241 Å². The minimum Gasteiger partial charge on any atom is -0.492 e. The first kappa shape index (κ1) is 26.0. The third-order valence-electron chi connectivity index (χ3n) is 7.63. The Balaban J connectivity index is 1.22. The summed E-state index contributed by atoms with van der Waals surface area (Å²) in [5.74, 6) is 0.663. The Morgan fingerprint density at radius 2 is 1.83 bits per heavy atom. The molecule has 0 radical (unpaired) electrons. The number of imidazole rings is 1. The average molecular weight is 564 g/mol. The molecule has 5 aromatic heterocycles. The second-order valence-electron chi connectivity index (χ2n) is 10.7. The van der Waals surface area contributed by atoms with Crippen LogP contribution in [0.3, 0.4) is 0 Å². The summed E-state index contributed by atoms with van der Waals surface area (Å²) in [5.41, 5.74) is 6.64. The zero-order valence-electron chi connectivity index (χ0n) is 23.4. The fourth-order valence-electron chi connectivity index (χ4n) is 5.41. The number of hydrogen-bond donors (Lipinski definition) is 2. The minimum absolute atomic E-state index is 0.385. The molecule has 0 atom stereocenters. The molecule has 0 amide bonds. The number of rotatable bonds is 8. The molecule has 1 saturated heterocycles. The van der Waals surface area contributed by atoms with Gasteiger partial charge in [-0.1, -0.05) is 0 Å². The highest BCUT2D eigenvalue weighted by molar-refractivity contribution is 5.97. The number of H-pyrrole nitrogens is 2. The highest BCUT2D eigenvalue weighted by Crippen LogP contribution is 2.33.